The molecule has 0 fully saturated rings. The number of rotatable bonds is 4. The summed E-state index contributed by atoms with van der Waals surface area (Å²) in [7, 11) is 0. The molecular formula is C13H12BrFN2S. The third-order valence-electron chi connectivity index (χ3n) is 2.33. The van der Waals surface area contributed by atoms with Crippen LogP contribution in [-0.2, 0) is 6.42 Å². The maximum atomic E-state index is 12.7. The fraction of sp³-hybridized carbons (Fsp3) is 0.154. The highest BCUT2D eigenvalue weighted by atomic mass is 79.9. The van der Waals surface area contributed by atoms with Crippen LogP contribution in [0.4, 0.5) is 10.1 Å². The average molecular weight is 327 g/mol. The van der Waals surface area contributed by atoms with Gasteiger partial charge in [-0.1, -0.05) is 6.92 Å². The quantitative estimate of drug-likeness (QED) is 0.641. The molecule has 0 radical (unpaired) electrons. The number of hydrogen-bond donors (Lipinski definition) is 1. The predicted octanol–water partition coefficient (Wildman–Crippen LogP) is 4.66. The number of benzene rings is 1. The summed E-state index contributed by atoms with van der Waals surface area (Å²) in [6, 6.07) is 8.13. The van der Waals surface area contributed by atoms with Gasteiger partial charge in [-0.3, -0.25) is 5.43 Å². The number of nitrogens with zero attached hydrogens (tertiary/aromatic N) is 1. The van der Waals surface area contributed by atoms with Crippen molar-refractivity contribution < 1.29 is 4.39 Å². The molecule has 0 aliphatic heterocycles. The van der Waals surface area contributed by atoms with E-state index in [1.54, 1.807) is 29.7 Å². The van der Waals surface area contributed by atoms with E-state index in [1.165, 1.54) is 17.0 Å². The van der Waals surface area contributed by atoms with E-state index in [9.17, 15) is 4.39 Å². The van der Waals surface area contributed by atoms with E-state index in [4.69, 9.17) is 0 Å². The highest BCUT2D eigenvalue weighted by molar-refractivity contribution is 9.10. The van der Waals surface area contributed by atoms with Gasteiger partial charge >= 0.3 is 0 Å². The Morgan fingerprint density at radius 2 is 2.11 bits per heavy atom. The Hall–Kier alpha value is -1.20. The van der Waals surface area contributed by atoms with Crippen LogP contribution < -0.4 is 5.43 Å². The number of hydrazone groups is 1. The monoisotopic (exact) mass is 326 g/mol. The van der Waals surface area contributed by atoms with E-state index < -0.39 is 0 Å². The molecule has 0 spiro atoms. The summed E-state index contributed by atoms with van der Waals surface area (Å²) >= 11 is 5.21. The standard InChI is InChI=1S/C13H12BrFN2S/c1-2-13-12(14)7-11(18-13)8-16-17-10-5-3-9(15)4-6-10/h3-8,17H,2H2,1H3. The molecule has 0 aliphatic carbocycles. The highest BCUT2D eigenvalue weighted by Gasteiger charge is 2.02. The van der Waals surface area contributed by atoms with Crippen molar-refractivity contribution in [3.05, 3.63) is 50.4 Å². The van der Waals surface area contributed by atoms with Crippen molar-refractivity contribution in [3.63, 3.8) is 0 Å². The zero-order chi connectivity index (χ0) is 13.0. The molecule has 0 saturated carbocycles. The molecule has 0 unspecified atom stereocenters. The van der Waals surface area contributed by atoms with Crippen LogP contribution in [0.25, 0.3) is 0 Å². The normalized spacial score (nSPS) is 11.1. The molecule has 0 amide bonds. The molecular weight excluding hydrogens is 315 g/mol. The SMILES string of the molecule is CCc1sc(C=NNc2ccc(F)cc2)cc1Br. The fourth-order valence-corrected chi connectivity index (χ4v) is 3.21. The molecule has 1 aromatic heterocycles. The minimum Gasteiger partial charge on any atom is -0.278 e. The topological polar surface area (TPSA) is 24.4 Å². The van der Waals surface area contributed by atoms with Crippen LogP contribution in [-0.4, -0.2) is 6.21 Å². The minimum atomic E-state index is -0.251. The first kappa shape index (κ1) is 13.2. The fourth-order valence-electron chi connectivity index (χ4n) is 1.43. The lowest BCUT2D eigenvalue weighted by Crippen LogP contribution is -1.89. The molecule has 18 heavy (non-hydrogen) atoms. The third-order valence-corrected chi connectivity index (χ3v) is 4.51. The van der Waals surface area contributed by atoms with Crippen molar-refractivity contribution in [1.82, 2.24) is 0 Å². The Labute approximate surface area is 118 Å². The largest absolute Gasteiger partial charge is 0.278 e. The van der Waals surface area contributed by atoms with Crippen LogP contribution in [0.15, 0.2) is 39.9 Å². The van der Waals surface area contributed by atoms with Crippen molar-refractivity contribution in [2.75, 3.05) is 5.43 Å². The molecule has 2 rings (SSSR count). The second kappa shape index (κ2) is 6.11. The zero-order valence-electron chi connectivity index (χ0n) is 9.78. The van der Waals surface area contributed by atoms with E-state index >= 15 is 0 Å². The summed E-state index contributed by atoms with van der Waals surface area (Å²) in [5.74, 6) is -0.251. The van der Waals surface area contributed by atoms with Crippen LogP contribution >= 0.6 is 27.3 Å². The third kappa shape index (κ3) is 3.40. The van der Waals surface area contributed by atoms with Crippen molar-refractivity contribution in [2.45, 2.75) is 13.3 Å². The summed E-state index contributed by atoms with van der Waals surface area (Å²) in [6.45, 7) is 2.12. The van der Waals surface area contributed by atoms with Gasteiger partial charge in [0, 0.05) is 14.2 Å². The molecule has 1 N–H and O–H groups in total. The van der Waals surface area contributed by atoms with Crippen LogP contribution in [0.2, 0.25) is 0 Å². The number of halogens is 2. The Morgan fingerprint density at radius 3 is 2.72 bits per heavy atom. The first-order valence-corrected chi connectivity index (χ1v) is 7.13. The zero-order valence-corrected chi connectivity index (χ0v) is 12.2. The molecule has 0 bridgehead atoms. The van der Waals surface area contributed by atoms with Gasteiger partial charge in [-0.15, -0.1) is 11.3 Å². The van der Waals surface area contributed by atoms with Gasteiger partial charge < -0.3 is 0 Å². The lowest BCUT2D eigenvalue weighted by Gasteiger charge is -1.98. The molecule has 5 heteroatoms. The Bertz CT molecular complexity index is 549. The highest BCUT2D eigenvalue weighted by Crippen LogP contribution is 2.26. The van der Waals surface area contributed by atoms with Crippen LogP contribution in [0.1, 0.15) is 16.7 Å². The summed E-state index contributed by atoms with van der Waals surface area (Å²) < 4.78 is 13.8. The first-order chi connectivity index (χ1) is 8.69. The number of nitrogens with one attached hydrogen (secondary N) is 1. The van der Waals surface area contributed by atoms with E-state index in [0.29, 0.717) is 0 Å². The molecule has 1 aromatic carbocycles. The van der Waals surface area contributed by atoms with E-state index in [0.717, 1.165) is 21.5 Å². The molecule has 0 saturated heterocycles. The van der Waals surface area contributed by atoms with Crippen molar-refractivity contribution in [2.24, 2.45) is 5.10 Å². The Morgan fingerprint density at radius 1 is 1.39 bits per heavy atom. The van der Waals surface area contributed by atoms with E-state index in [-0.39, 0.29) is 5.82 Å². The molecule has 0 atom stereocenters. The maximum Gasteiger partial charge on any atom is 0.123 e. The van der Waals surface area contributed by atoms with Gasteiger partial charge in [0.2, 0.25) is 0 Å². The lowest BCUT2D eigenvalue weighted by molar-refractivity contribution is 0.628. The Balaban J connectivity index is 2.00. The second-order valence-corrected chi connectivity index (χ2v) is 5.67. The van der Waals surface area contributed by atoms with Gasteiger partial charge in [0.25, 0.3) is 0 Å². The number of aryl methyl sites for hydroxylation is 1. The first-order valence-electron chi connectivity index (χ1n) is 5.52. The Kier molecular flexibility index (Phi) is 4.49. The van der Waals surface area contributed by atoms with Gasteiger partial charge in [0.05, 0.1) is 11.9 Å². The van der Waals surface area contributed by atoms with Crippen molar-refractivity contribution in [1.29, 1.82) is 0 Å². The number of anilines is 1. The van der Waals surface area contributed by atoms with Crippen molar-refractivity contribution >= 4 is 39.2 Å². The number of thiophene rings is 1. The second-order valence-electron chi connectivity index (χ2n) is 3.65. The van der Waals surface area contributed by atoms with Gasteiger partial charge in [-0.25, -0.2) is 4.39 Å². The van der Waals surface area contributed by atoms with Gasteiger partial charge in [0.1, 0.15) is 5.82 Å². The smallest absolute Gasteiger partial charge is 0.123 e. The predicted molar refractivity (Wildman–Crippen MR) is 79.0 cm³/mol. The van der Waals surface area contributed by atoms with Crippen LogP contribution in [0.3, 0.4) is 0 Å². The summed E-state index contributed by atoms with van der Waals surface area (Å²) in [4.78, 5) is 2.38. The summed E-state index contributed by atoms with van der Waals surface area (Å²) in [6.07, 6.45) is 2.77. The minimum absolute atomic E-state index is 0.251. The van der Waals surface area contributed by atoms with Gasteiger partial charge in [-0.05, 0) is 52.7 Å². The van der Waals surface area contributed by atoms with Crippen LogP contribution in [0, 0.1) is 5.82 Å². The summed E-state index contributed by atoms with van der Waals surface area (Å²) in [5.41, 5.74) is 3.62. The molecule has 2 aromatic rings. The molecule has 94 valence electrons. The molecule has 0 aliphatic rings. The van der Waals surface area contributed by atoms with Crippen molar-refractivity contribution in [3.8, 4) is 0 Å². The average Bonchev–Trinajstić information content (AvgIpc) is 2.72. The molecule has 1 heterocycles. The van der Waals surface area contributed by atoms with E-state index in [1.807, 2.05) is 6.07 Å². The maximum absolute atomic E-state index is 12.7. The van der Waals surface area contributed by atoms with Gasteiger partial charge in [0.15, 0.2) is 0 Å². The van der Waals surface area contributed by atoms with E-state index in [2.05, 4.69) is 33.4 Å². The summed E-state index contributed by atoms with van der Waals surface area (Å²) in [5, 5.41) is 4.12. The van der Waals surface area contributed by atoms with Crippen LogP contribution in [0.5, 0.6) is 0 Å². The van der Waals surface area contributed by atoms with Gasteiger partial charge in [-0.2, -0.15) is 5.10 Å². The molecule has 2 nitrogen and oxygen atoms in total. The lowest BCUT2D eigenvalue weighted by atomic mass is 10.3. The number of hydrogen-bond acceptors (Lipinski definition) is 3.